The molecule has 0 aromatic rings. The van der Waals surface area contributed by atoms with Gasteiger partial charge in [-0.15, -0.1) is 0 Å². The fourth-order valence-electron chi connectivity index (χ4n) is 5.57. The molecule has 0 saturated heterocycles. The number of amides is 3. The van der Waals surface area contributed by atoms with Gasteiger partial charge in [-0.25, -0.2) is 0 Å². The number of aliphatic carboxylic acids is 3. The van der Waals surface area contributed by atoms with Crippen LogP contribution in [-0.4, -0.2) is 107 Å². The molecule has 0 bridgehead atoms. The maximum Gasteiger partial charge on any atom is 3.00 e. The number of rotatable bonds is 36. The predicted molar refractivity (Wildman–Crippen MR) is 225 cm³/mol. The van der Waals surface area contributed by atoms with E-state index in [0.29, 0.717) is 39.3 Å². The van der Waals surface area contributed by atoms with Crippen LogP contribution in [0.3, 0.4) is 0 Å². The molecule has 0 fully saturated rings. The van der Waals surface area contributed by atoms with Crippen molar-refractivity contribution in [1.82, 2.24) is 14.7 Å². The first-order valence-corrected chi connectivity index (χ1v) is 22.5. The van der Waals surface area contributed by atoms with Gasteiger partial charge in [-0.3, -0.25) is 28.8 Å². The van der Waals surface area contributed by atoms with Crippen LogP contribution in [0.5, 0.6) is 0 Å². The summed E-state index contributed by atoms with van der Waals surface area (Å²) in [6, 6.07) is 0. The molecule has 353 valence electrons. The number of hydrogen-bond acceptors (Lipinski definition) is 12. The first-order chi connectivity index (χ1) is 28.5. The summed E-state index contributed by atoms with van der Waals surface area (Å²) in [4.78, 5) is 107. The number of carboxylic acid groups (broad SMARTS) is 3. The Morgan fingerprint density at radius 2 is 0.492 bits per heavy atom. The molecule has 0 aliphatic rings. The van der Waals surface area contributed by atoms with Crippen LogP contribution in [0, 0.1) is 0 Å². The van der Waals surface area contributed by atoms with Crippen LogP contribution in [0.2, 0.25) is 0 Å². The zero-order chi connectivity index (χ0) is 46.1. The summed E-state index contributed by atoms with van der Waals surface area (Å²) in [6.45, 7) is 16.6. The van der Waals surface area contributed by atoms with Gasteiger partial charge < -0.3 is 44.4 Å². The summed E-state index contributed by atoms with van der Waals surface area (Å²) >= 11 is 0. The van der Waals surface area contributed by atoms with Gasteiger partial charge in [-0.2, -0.15) is 0 Å². The zero-order valence-corrected chi connectivity index (χ0v) is 39.4. The van der Waals surface area contributed by atoms with Gasteiger partial charge in [0.1, 0.15) is 17.3 Å². The van der Waals surface area contributed by atoms with Crippen molar-refractivity contribution in [3.05, 3.63) is 0 Å². The second-order valence-corrected chi connectivity index (χ2v) is 15.1. The zero-order valence-electron chi connectivity index (χ0n) is 38.3. The first kappa shape index (κ1) is 64.0. The van der Waals surface area contributed by atoms with Crippen molar-refractivity contribution in [2.24, 2.45) is 0 Å². The number of hydrogen-bond donors (Lipinski definition) is 0. The third-order valence-electron chi connectivity index (χ3n) is 9.30. The summed E-state index contributed by atoms with van der Waals surface area (Å²) < 4.78 is 0. The minimum atomic E-state index is -1.16. The number of carbonyl (C=O) groups excluding carboxylic acids is 9. The molecular weight excluding hydrogens is 830 g/mol. The molecule has 0 aliphatic heterocycles. The maximum atomic E-state index is 12.0. The number of ketones is 3. The Balaban J connectivity index is -0.000000396. The number of carbonyl (C=O) groups is 9. The van der Waals surface area contributed by atoms with E-state index in [1.54, 1.807) is 14.7 Å². The average Bonchev–Trinajstić information content (AvgIpc) is 3.17. The Hall–Kier alpha value is -3.65. The molecule has 0 unspecified atom stereocenters. The molecule has 61 heavy (non-hydrogen) atoms. The Bertz CT molecular complexity index is 1080. The predicted octanol–water partition coefficient (Wildman–Crippen LogP) is 3.88. The SMILES string of the molecule is CCCCN(CCCC)C(=O)CC(=O)CCCC(=O)[O-].CCCCN(CCCC)C(=O)CC(=O)CCCC(=O)[O-].CCCCN(CCCC)C(=O)CC(=O)CCCC(=O)[O-].[Fe+3]. The van der Waals surface area contributed by atoms with Crippen molar-refractivity contribution in [2.75, 3.05) is 39.3 Å². The van der Waals surface area contributed by atoms with E-state index in [1.165, 1.54) is 0 Å². The normalized spacial score (nSPS) is 10.1. The molecule has 0 aromatic heterocycles. The Kier molecular flexibility index (Phi) is 46.6. The maximum absolute atomic E-state index is 12.0. The van der Waals surface area contributed by atoms with Crippen LogP contribution in [0.4, 0.5) is 0 Å². The quantitative estimate of drug-likeness (QED) is 0.0644. The van der Waals surface area contributed by atoms with Crippen LogP contribution < -0.4 is 15.3 Å². The van der Waals surface area contributed by atoms with Crippen LogP contribution in [0.1, 0.15) is 196 Å². The Morgan fingerprint density at radius 1 is 0.311 bits per heavy atom. The molecule has 1 radical (unpaired) electrons. The number of unbranched alkanes of at least 4 members (excludes halogenated alkanes) is 6. The van der Waals surface area contributed by atoms with Gasteiger partial charge in [0.2, 0.25) is 17.7 Å². The van der Waals surface area contributed by atoms with Gasteiger partial charge in [0.05, 0.1) is 19.3 Å². The van der Waals surface area contributed by atoms with Crippen LogP contribution in [0.25, 0.3) is 0 Å². The summed E-state index contributed by atoms with van der Waals surface area (Å²) in [6.07, 6.45) is 12.1. The summed E-state index contributed by atoms with van der Waals surface area (Å²) in [5.41, 5.74) is 0. The van der Waals surface area contributed by atoms with Gasteiger partial charge in [0.15, 0.2) is 0 Å². The third kappa shape index (κ3) is 42.8. The van der Waals surface area contributed by atoms with Crippen LogP contribution in [-0.2, 0) is 60.2 Å². The molecule has 0 heterocycles. The number of Topliss-reactive ketones (excluding diaryl/α,β-unsaturated/α-hetero) is 3. The Morgan fingerprint density at radius 3 is 0.639 bits per heavy atom. The van der Waals surface area contributed by atoms with Gasteiger partial charge >= 0.3 is 17.1 Å². The molecule has 15 nitrogen and oxygen atoms in total. The minimum absolute atomic E-state index is 0. The van der Waals surface area contributed by atoms with Gasteiger partial charge in [-0.05, 0) is 77.0 Å². The van der Waals surface area contributed by atoms with Gasteiger partial charge in [0, 0.05) is 76.4 Å². The average molecular weight is 909 g/mol. The number of carboxylic acids is 3. The summed E-state index contributed by atoms with van der Waals surface area (Å²) in [5.74, 6) is -4.43. The summed E-state index contributed by atoms with van der Waals surface area (Å²) in [7, 11) is 0. The van der Waals surface area contributed by atoms with E-state index in [4.69, 9.17) is 0 Å². The van der Waals surface area contributed by atoms with Crippen molar-refractivity contribution < 1.29 is 75.5 Å². The van der Waals surface area contributed by atoms with E-state index in [-0.39, 0.29) is 129 Å². The van der Waals surface area contributed by atoms with E-state index in [1.807, 2.05) is 0 Å². The summed E-state index contributed by atoms with van der Waals surface area (Å²) in [5, 5.41) is 30.8. The van der Waals surface area contributed by atoms with Crippen molar-refractivity contribution in [2.45, 2.75) is 196 Å². The van der Waals surface area contributed by atoms with Gasteiger partial charge in [-0.1, -0.05) is 80.1 Å². The monoisotopic (exact) mass is 908 g/mol. The molecule has 0 atom stereocenters. The number of nitrogens with zero attached hydrogens (tertiary/aromatic N) is 3. The smallest absolute Gasteiger partial charge is 0.550 e. The van der Waals surface area contributed by atoms with Crippen LogP contribution >= 0.6 is 0 Å². The second kappa shape index (κ2) is 44.4. The van der Waals surface area contributed by atoms with Crippen molar-refractivity contribution in [3.63, 3.8) is 0 Å². The molecule has 16 heteroatoms. The molecule has 0 aromatic carbocycles. The standard InChI is InChI=1S/3C15H27NO4.Fe/c3*1-3-5-10-16(11-6-4-2)14(18)12-13(17)8-7-9-15(19)20;/h3*3-12H2,1-2H3,(H,19,20);/q;;;+3/p-3. The van der Waals surface area contributed by atoms with Gasteiger partial charge in [0.25, 0.3) is 0 Å². The fourth-order valence-corrected chi connectivity index (χ4v) is 5.57. The molecule has 3 amide bonds. The molecule has 0 aliphatic carbocycles. The first-order valence-electron chi connectivity index (χ1n) is 22.5. The molecule has 0 N–H and O–H groups in total. The van der Waals surface area contributed by atoms with E-state index >= 15 is 0 Å². The van der Waals surface area contributed by atoms with Crippen molar-refractivity contribution >= 4 is 53.0 Å². The van der Waals surface area contributed by atoms with E-state index in [9.17, 15) is 58.5 Å². The molecule has 0 spiro atoms. The topological polar surface area (TPSA) is 233 Å². The third-order valence-corrected chi connectivity index (χ3v) is 9.30. The molecule has 0 saturated carbocycles. The van der Waals surface area contributed by atoms with E-state index < -0.39 is 17.9 Å². The minimum Gasteiger partial charge on any atom is -0.550 e. The second-order valence-electron chi connectivity index (χ2n) is 15.1. The van der Waals surface area contributed by atoms with Crippen molar-refractivity contribution in [1.29, 1.82) is 0 Å². The Labute approximate surface area is 377 Å². The molecular formula is C45H78FeN3O12. The largest absolute Gasteiger partial charge is 3.00 e. The van der Waals surface area contributed by atoms with E-state index in [0.717, 1.165) is 77.0 Å². The molecule has 0 rings (SSSR count). The van der Waals surface area contributed by atoms with Crippen LogP contribution in [0.15, 0.2) is 0 Å². The van der Waals surface area contributed by atoms with Crippen molar-refractivity contribution in [3.8, 4) is 0 Å². The fraction of sp³-hybridized carbons (Fsp3) is 0.800. The van der Waals surface area contributed by atoms with E-state index in [2.05, 4.69) is 41.5 Å².